The third-order valence-corrected chi connectivity index (χ3v) is 3.80. The van der Waals surface area contributed by atoms with E-state index < -0.39 is 61.8 Å². The van der Waals surface area contributed by atoms with Gasteiger partial charge in [-0.1, -0.05) is 0 Å². The molecule has 2 rings (SSSR count). The Bertz CT molecular complexity index is 378. The van der Waals surface area contributed by atoms with Gasteiger partial charge in [-0.25, -0.2) is 0 Å². The van der Waals surface area contributed by atoms with E-state index in [1.54, 1.807) is 0 Å². The van der Waals surface area contributed by atoms with Gasteiger partial charge in [0.05, 0.1) is 0 Å². The monoisotopic (exact) mass is 342 g/mol. The van der Waals surface area contributed by atoms with Gasteiger partial charge in [0, 0.05) is 14.2 Å². The van der Waals surface area contributed by atoms with Gasteiger partial charge in [-0.05, 0) is 0 Å². The Hall–Kier alpha value is -0.440. The molecule has 0 aromatic carbocycles. The van der Waals surface area contributed by atoms with Crippen LogP contribution in [0.3, 0.4) is 0 Å². The predicted octanol–water partition coefficient (Wildman–Crippen LogP) is -4.17. The third-order valence-electron chi connectivity index (χ3n) is 3.80. The van der Waals surface area contributed by atoms with Crippen LogP contribution in [0, 0.1) is 0 Å². The Morgan fingerprint density at radius 2 is 1.17 bits per heavy atom. The highest BCUT2D eigenvalue weighted by atomic mass is 16.8. The van der Waals surface area contributed by atoms with Crippen LogP contribution >= 0.6 is 0 Å². The van der Waals surface area contributed by atoms with Gasteiger partial charge in [-0.15, -0.1) is 0 Å². The second-order valence-corrected chi connectivity index (χ2v) is 5.29. The lowest BCUT2D eigenvalue weighted by atomic mass is 10.0. The van der Waals surface area contributed by atoms with Crippen molar-refractivity contribution in [2.75, 3.05) is 14.2 Å². The zero-order valence-electron chi connectivity index (χ0n) is 12.5. The van der Waals surface area contributed by atoms with Gasteiger partial charge in [-0.3, -0.25) is 0 Å². The first-order chi connectivity index (χ1) is 10.8. The Balaban J connectivity index is 2.11. The van der Waals surface area contributed by atoms with Gasteiger partial charge in [0.15, 0.2) is 25.2 Å². The standard InChI is InChI=1S/C12H22O11/c1-19-10-6(16)3(13)7(17)11(23-10)21-8-4(14)5(15)9(18)22-12(8)20-2/h3-18H,1-2H3/t3-,4+,5+,6+,7+,8-,9-,10-,11+,12-/m0/s1. The first kappa shape index (κ1) is 18.9. The molecular formula is C12H22O11. The van der Waals surface area contributed by atoms with Crippen LogP contribution in [0.1, 0.15) is 0 Å². The fraction of sp³-hybridized carbons (Fsp3) is 1.00. The average Bonchev–Trinajstić information content (AvgIpc) is 2.55. The Morgan fingerprint density at radius 3 is 1.74 bits per heavy atom. The van der Waals surface area contributed by atoms with Crippen molar-refractivity contribution in [3.8, 4) is 0 Å². The molecule has 0 aromatic heterocycles. The van der Waals surface area contributed by atoms with Crippen LogP contribution in [-0.4, -0.2) is 107 Å². The highest BCUT2D eigenvalue weighted by molar-refractivity contribution is 4.90. The van der Waals surface area contributed by atoms with Gasteiger partial charge in [0.2, 0.25) is 0 Å². The van der Waals surface area contributed by atoms with Gasteiger partial charge >= 0.3 is 0 Å². The fourth-order valence-electron chi connectivity index (χ4n) is 2.43. The quantitative estimate of drug-likeness (QED) is 0.293. The van der Waals surface area contributed by atoms with Crippen LogP contribution in [0.5, 0.6) is 0 Å². The predicted molar refractivity (Wildman–Crippen MR) is 68.5 cm³/mol. The Labute approximate surface area is 131 Å². The SMILES string of the molecule is CO[C@H]1O[C@@H](O[C@@H]2[C@@H](OC)O[C@H](O)[C@H](O)[C@H]2O)[C@H](O)[C@@H](O)[C@H]1O. The summed E-state index contributed by atoms with van der Waals surface area (Å²) in [5.74, 6) is 0. The molecule has 0 unspecified atom stereocenters. The number of hydrogen-bond acceptors (Lipinski definition) is 11. The summed E-state index contributed by atoms with van der Waals surface area (Å²) in [6.07, 6.45) is -15.2. The molecule has 2 fully saturated rings. The number of ether oxygens (including phenoxy) is 5. The van der Waals surface area contributed by atoms with Crippen molar-refractivity contribution < 1.29 is 54.3 Å². The average molecular weight is 342 g/mol. The number of aliphatic hydroxyl groups excluding tert-OH is 6. The first-order valence-electron chi connectivity index (χ1n) is 6.92. The van der Waals surface area contributed by atoms with Crippen LogP contribution in [0.2, 0.25) is 0 Å². The normalized spacial score (nSPS) is 51.7. The summed E-state index contributed by atoms with van der Waals surface area (Å²) < 4.78 is 25.2. The lowest BCUT2D eigenvalue weighted by molar-refractivity contribution is -0.396. The summed E-state index contributed by atoms with van der Waals surface area (Å²) in [4.78, 5) is 0. The van der Waals surface area contributed by atoms with Crippen LogP contribution < -0.4 is 0 Å². The third kappa shape index (κ3) is 3.65. The maximum absolute atomic E-state index is 9.99. The second-order valence-electron chi connectivity index (χ2n) is 5.29. The Kier molecular flexibility index (Phi) is 6.27. The van der Waals surface area contributed by atoms with E-state index in [0.29, 0.717) is 0 Å². The largest absolute Gasteiger partial charge is 0.387 e. The summed E-state index contributed by atoms with van der Waals surface area (Å²) in [5, 5.41) is 58.4. The molecule has 11 heteroatoms. The van der Waals surface area contributed by atoms with Crippen molar-refractivity contribution >= 4 is 0 Å². The van der Waals surface area contributed by atoms with Crippen molar-refractivity contribution in [3.63, 3.8) is 0 Å². The minimum Gasteiger partial charge on any atom is -0.387 e. The molecule has 0 saturated carbocycles. The van der Waals surface area contributed by atoms with E-state index in [9.17, 15) is 30.6 Å². The molecule has 0 bridgehead atoms. The van der Waals surface area contributed by atoms with Crippen molar-refractivity contribution in [3.05, 3.63) is 0 Å². The summed E-state index contributed by atoms with van der Waals surface area (Å²) in [7, 11) is 2.43. The van der Waals surface area contributed by atoms with Gasteiger partial charge < -0.3 is 54.3 Å². The van der Waals surface area contributed by atoms with E-state index >= 15 is 0 Å². The maximum atomic E-state index is 9.99. The maximum Gasteiger partial charge on any atom is 0.189 e. The van der Waals surface area contributed by atoms with Crippen LogP contribution in [0.25, 0.3) is 0 Å². The van der Waals surface area contributed by atoms with E-state index in [2.05, 4.69) is 0 Å². The smallest absolute Gasteiger partial charge is 0.189 e. The summed E-state index contributed by atoms with van der Waals surface area (Å²) in [6, 6.07) is 0. The molecular weight excluding hydrogens is 320 g/mol. The van der Waals surface area contributed by atoms with E-state index in [-0.39, 0.29) is 0 Å². The molecule has 23 heavy (non-hydrogen) atoms. The highest BCUT2D eigenvalue weighted by Gasteiger charge is 2.50. The topological polar surface area (TPSA) is 168 Å². The molecule has 11 nitrogen and oxygen atoms in total. The molecule has 2 aliphatic rings. The van der Waals surface area contributed by atoms with E-state index in [0.717, 1.165) is 0 Å². The molecule has 2 saturated heterocycles. The number of hydrogen-bond donors (Lipinski definition) is 6. The molecule has 2 heterocycles. The van der Waals surface area contributed by atoms with Crippen LogP contribution in [0.4, 0.5) is 0 Å². The van der Waals surface area contributed by atoms with Gasteiger partial charge in [0.25, 0.3) is 0 Å². The molecule has 6 N–H and O–H groups in total. The first-order valence-corrected chi connectivity index (χ1v) is 6.92. The van der Waals surface area contributed by atoms with Gasteiger partial charge in [-0.2, -0.15) is 0 Å². The zero-order valence-corrected chi connectivity index (χ0v) is 12.5. The van der Waals surface area contributed by atoms with Crippen LogP contribution in [-0.2, 0) is 23.7 Å². The van der Waals surface area contributed by atoms with Crippen molar-refractivity contribution in [2.45, 2.75) is 61.8 Å². The van der Waals surface area contributed by atoms with Crippen molar-refractivity contribution in [2.24, 2.45) is 0 Å². The number of rotatable bonds is 4. The number of methoxy groups -OCH3 is 2. The summed E-state index contributed by atoms with van der Waals surface area (Å²) in [5.41, 5.74) is 0. The molecule has 0 amide bonds. The summed E-state index contributed by atoms with van der Waals surface area (Å²) >= 11 is 0. The molecule has 2 aliphatic heterocycles. The molecule has 0 aromatic rings. The summed E-state index contributed by atoms with van der Waals surface area (Å²) in [6.45, 7) is 0. The number of aliphatic hydroxyl groups is 6. The lowest BCUT2D eigenvalue weighted by Gasteiger charge is -2.44. The minimum atomic E-state index is -1.69. The molecule has 136 valence electrons. The lowest BCUT2D eigenvalue weighted by Crippen LogP contribution is -2.64. The van der Waals surface area contributed by atoms with Crippen molar-refractivity contribution in [1.29, 1.82) is 0 Å². The van der Waals surface area contributed by atoms with Gasteiger partial charge in [0.1, 0.15) is 36.6 Å². The molecule has 0 aliphatic carbocycles. The van der Waals surface area contributed by atoms with E-state index in [1.165, 1.54) is 14.2 Å². The second kappa shape index (κ2) is 7.63. The minimum absolute atomic E-state index is 1.21. The highest BCUT2D eigenvalue weighted by Crippen LogP contribution is 2.28. The zero-order chi connectivity index (χ0) is 17.3. The van der Waals surface area contributed by atoms with E-state index in [4.69, 9.17) is 23.7 Å². The molecule has 0 spiro atoms. The molecule has 0 radical (unpaired) electrons. The van der Waals surface area contributed by atoms with Crippen molar-refractivity contribution in [1.82, 2.24) is 0 Å². The fourth-order valence-corrected chi connectivity index (χ4v) is 2.43. The van der Waals surface area contributed by atoms with E-state index in [1.807, 2.05) is 0 Å². The van der Waals surface area contributed by atoms with Crippen LogP contribution in [0.15, 0.2) is 0 Å². The molecule has 10 atom stereocenters. The Morgan fingerprint density at radius 1 is 0.609 bits per heavy atom.